The van der Waals surface area contributed by atoms with Crippen molar-refractivity contribution >= 4 is 17.5 Å². The molecule has 1 aliphatic heterocycles. The molecular formula is C17H15FN2O4. The molecule has 3 rings (SSSR count). The first kappa shape index (κ1) is 15.8. The highest BCUT2D eigenvalue weighted by Crippen LogP contribution is 2.34. The van der Waals surface area contributed by atoms with Gasteiger partial charge in [0.2, 0.25) is 12.7 Å². The van der Waals surface area contributed by atoms with Crippen LogP contribution in [0.25, 0.3) is 0 Å². The van der Waals surface area contributed by atoms with E-state index in [1.165, 1.54) is 24.3 Å². The minimum absolute atomic E-state index is 0.112. The molecule has 0 spiro atoms. The molecular weight excluding hydrogens is 315 g/mol. The first-order valence-corrected chi connectivity index (χ1v) is 7.35. The van der Waals surface area contributed by atoms with E-state index >= 15 is 0 Å². The van der Waals surface area contributed by atoms with E-state index in [0.717, 1.165) is 0 Å². The molecule has 0 bridgehead atoms. The highest BCUT2D eigenvalue weighted by Gasteiger charge is 2.14. The molecule has 0 fully saturated rings. The molecule has 0 aliphatic carbocycles. The lowest BCUT2D eigenvalue weighted by atomic mass is 10.2. The molecule has 2 aromatic rings. The van der Waals surface area contributed by atoms with Crippen molar-refractivity contribution in [2.24, 2.45) is 0 Å². The van der Waals surface area contributed by atoms with Crippen LogP contribution in [0.4, 0.5) is 10.1 Å². The number of carbonyl (C=O) groups is 2. The predicted octanol–water partition coefficient (Wildman–Crippen LogP) is 2.31. The predicted molar refractivity (Wildman–Crippen MR) is 84.5 cm³/mol. The Hall–Kier alpha value is -3.09. The third-order valence-electron chi connectivity index (χ3n) is 3.40. The van der Waals surface area contributed by atoms with Crippen molar-refractivity contribution in [3.8, 4) is 11.5 Å². The van der Waals surface area contributed by atoms with Crippen LogP contribution in [-0.2, 0) is 4.79 Å². The van der Waals surface area contributed by atoms with Crippen LogP contribution in [0, 0.1) is 5.82 Å². The van der Waals surface area contributed by atoms with E-state index in [2.05, 4.69) is 10.6 Å². The SMILES string of the molecule is O=C(CCNC(=O)c1ccc(F)cc1)Nc1ccc2c(c1)OCO2. The Balaban J connectivity index is 1.45. The summed E-state index contributed by atoms with van der Waals surface area (Å²) in [7, 11) is 0. The van der Waals surface area contributed by atoms with Crippen LogP contribution in [-0.4, -0.2) is 25.2 Å². The number of carbonyl (C=O) groups excluding carboxylic acids is 2. The van der Waals surface area contributed by atoms with E-state index in [-0.39, 0.29) is 31.6 Å². The second-order valence-corrected chi connectivity index (χ2v) is 5.13. The maximum atomic E-state index is 12.8. The van der Waals surface area contributed by atoms with Crippen molar-refractivity contribution < 1.29 is 23.5 Å². The number of rotatable bonds is 5. The van der Waals surface area contributed by atoms with Crippen molar-refractivity contribution in [1.82, 2.24) is 5.32 Å². The van der Waals surface area contributed by atoms with Crippen LogP contribution >= 0.6 is 0 Å². The topological polar surface area (TPSA) is 76.7 Å². The van der Waals surface area contributed by atoms with Gasteiger partial charge in [0, 0.05) is 30.3 Å². The molecule has 1 aliphatic rings. The van der Waals surface area contributed by atoms with Gasteiger partial charge in [-0.05, 0) is 36.4 Å². The fourth-order valence-electron chi connectivity index (χ4n) is 2.19. The summed E-state index contributed by atoms with van der Waals surface area (Å²) in [4.78, 5) is 23.7. The molecule has 0 saturated carbocycles. The molecule has 0 saturated heterocycles. The van der Waals surface area contributed by atoms with Crippen molar-refractivity contribution in [3.63, 3.8) is 0 Å². The van der Waals surface area contributed by atoms with Crippen molar-refractivity contribution in [1.29, 1.82) is 0 Å². The Morgan fingerprint density at radius 2 is 1.79 bits per heavy atom. The number of anilines is 1. The van der Waals surface area contributed by atoms with E-state index in [0.29, 0.717) is 22.7 Å². The zero-order chi connectivity index (χ0) is 16.9. The minimum Gasteiger partial charge on any atom is -0.454 e. The molecule has 0 aromatic heterocycles. The summed E-state index contributed by atoms with van der Waals surface area (Å²) in [6.45, 7) is 0.342. The number of halogens is 1. The van der Waals surface area contributed by atoms with Gasteiger partial charge in [-0.2, -0.15) is 0 Å². The maximum Gasteiger partial charge on any atom is 0.251 e. The quantitative estimate of drug-likeness (QED) is 0.882. The summed E-state index contributed by atoms with van der Waals surface area (Å²) < 4.78 is 23.2. The standard InChI is InChI=1S/C17H15FN2O4/c18-12-3-1-11(2-4-12)17(22)19-8-7-16(21)20-13-5-6-14-15(9-13)24-10-23-14/h1-6,9H,7-8,10H2,(H,19,22)(H,20,21). The smallest absolute Gasteiger partial charge is 0.251 e. The normalized spacial score (nSPS) is 11.9. The molecule has 6 nitrogen and oxygen atoms in total. The lowest BCUT2D eigenvalue weighted by Crippen LogP contribution is -2.27. The Kier molecular flexibility index (Phi) is 4.60. The number of ether oxygens (including phenoxy) is 2. The zero-order valence-electron chi connectivity index (χ0n) is 12.7. The van der Waals surface area contributed by atoms with E-state index in [1.807, 2.05) is 0 Å². The van der Waals surface area contributed by atoms with Crippen LogP contribution in [0.15, 0.2) is 42.5 Å². The van der Waals surface area contributed by atoms with Crippen LogP contribution < -0.4 is 20.1 Å². The summed E-state index contributed by atoms with van der Waals surface area (Å²) in [6, 6.07) is 10.3. The zero-order valence-corrected chi connectivity index (χ0v) is 12.7. The summed E-state index contributed by atoms with van der Waals surface area (Å²) in [5.41, 5.74) is 0.932. The Morgan fingerprint density at radius 1 is 1.04 bits per heavy atom. The number of nitrogens with one attached hydrogen (secondary N) is 2. The summed E-state index contributed by atoms with van der Waals surface area (Å²) in [5, 5.41) is 5.33. The highest BCUT2D eigenvalue weighted by atomic mass is 19.1. The van der Waals surface area contributed by atoms with Gasteiger partial charge in [-0.15, -0.1) is 0 Å². The fraction of sp³-hybridized carbons (Fsp3) is 0.176. The Bertz CT molecular complexity index is 762. The van der Waals surface area contributed by atoms with Gasteiger partial charge in [0.25, 0.3) is 5.91 Å². The minimum atomic E-state index is -0.408. The molecule has 2 aromatic carbocycles. The second kappa shape index (κ2) is 6.99. The molecule has 1 heterocycles. The lowest BCUT2D eigenvalue weighted by molar-refractivity contribution is -0.116. The first-order chi connectivity index (χ1) is 11.6. The van der Waals surface area contributed by atoms with Crippen LogP contribution in [0.5, 0.6) is 11.5 Å². The number of hydrogen-bond donors (Lipinski definition) is 2. The molecule has 124 valence electrons. The average molecular weight is 330 g/mol. The largest absolute Gasteiger partial charge is 0.454 e. The Labute approximate surface area is 137 Å². The van der Waals surface area contributed by atoms with Crippen molar-refractivity contribution in [2.45, 2.75) is 6.42 Å². The molecule has 0 unspecified atom stereocenters. The summed E-state index contributed by atoms with van der Waals surface area (Å²) in [5.74, 6) is 0.214. The summed E-state index contributed by atoms with van der Waals surface area (Å²) in [6.07, 6.45) is 0.112. The van der Waals surface area contributed by atoms with Gasteiger partial charge in [0.15, 0.2) is 11.5 Å². The molecule has 2 amide bonds. The van der Waals surface area contributed by atoms with Gasteiger partial charge in [0.1, 0.15) is 5.82 Å². The van der Waals surface area contributed by atoms with E-state index in [1.54, 1.807) is 18.2 Å². The maximum absolute atomic E-state index is 12.8. The van der Waals surface area contributed by atoms with E-state index in [9.17, 15) is 14.0 Å². The molecule has 0 atom stereocenters. The first-order valence-electron chi connectivity index (χ1n) is 7.35. The van der Waals surface area contributed by atoms with E-state index < -0.39 is 5.82 Å². The van der Waals surface area contributed by atoms with Crippen LogP contribution in [0.2, 0.25) is 0 Å². The summed E-state index contributed by atoms with van der Waals surface area (Å²) >= 11 is 0. The van der Waals surface area contributed by atoms with Gasteiger partial charge < -0.3 is 20.1 Å². The lowest BCUT2D eigenvalue weighted by Gasteiger charge is -2.07. The Morgan fingerprint density at radius 3 is 2.58 bits per heavy atom. The van der Waals surface area contributed by atoms with Crippen molar-refractivity contribution in [3.05, 3.63) is 53.8 Å². The second-order valence-electron chi connectivity index (χ2n) is 5.13. The van der Waals surface area contributed by atoms with Gasteiger partial charge >= 0.3 is 0 Å². The molecule has 2 N–H and O–H groups in total. The van der Waals surface area contributed by atoms with Gasteiger partial charge in [-0.3, -0.25) is 9.59 Å². The number of hydrogen-bond acceptors (Lipinski definition) is 4. The van der Waals surface area contributed by atoms with Crippen molar-refractivity contribution in [2.75, 3.05) is 18.7 Å². The van der Waals surface area contributed by atoms with Gasteiger partial charge in [-0.1, -0.05) is 0 Å². The molecule has 0 radical (unpaired) electrons. The monoisotopic (exact) mass is 330 g/mol. The number of fused-ring (bicyclic) bond motifs is 1. The fourth-order valence-corrected chi connectivity index (χ4v) is 2.19. The van der Waals surface area contributed by atoms with Gasteiger partial charge in [0.05, 0.1) is 0 Å². The van der Waals surface area contributed by atoms with Crippen LogP contribution in [0.3, 0.4) is 0 Å². The number of benzene rings is 2. The molecule has 7 heteroatoms. The molecule has 24 heavy (non-hydrogen) atoms. The average Bonchev–Trinajstić information content (AvgIpc) is 3.03. The highest BCUT2D eigenvalue weighted by molar-refractivity contribution is 5.95. The third-order valence-corrected chi connectivity index (χ3v) is 3.40. The van der Waals surface area contributed by atoms with E-state index in [4.69, 9.17) is 9.47 Å². The third kappa shape index (κ3) is 3.81. The van der Waals surface area contributed by atoms with Gasteiger partial charge in [-0.25, -0.2) is 4.39 Å². The number of amides is 2. The van der Waals surface area contributed by atoms with Crippen LogP contribution in [0.1, 0.15) is 16.8 Å².